The maximum Gasteiger partial charge on any atom is 0.141 e. The van der Waals surface area contributed by atoms with Crippen LogP contribution in [0.25, 0.3) is 11.1 Å². The summed E-state index contributed by atoms with van der Waals surface area (Å²) in [6.45, 7) is 2.28. The van der Waals surface area contributed by atoms with Gasteiger partial charge in [0.05, 0.1) is 5.56 Å². The quantitative estimate of drug-likeness (QED) is 0.304. The molecule has 4 rings (SSSR count). The van der Waals surface area contributed by atoms with Gasteiger partial charge in [-0.1, -0.05) is 91.9 Å². The molecule has 0 N–H and O–H groups in total. The maximum absolute atomic E-state index is 13.9. The van der Waals surface area contributed by atoms with Crippen molar-refractivity contribution in [2.24, 2.45) is 0 Å². The van der Waals surface area contributed by atoms with Crippen molar-refractivity contribution in [3.05, 3.63) is 131 Å². The number of hydrogen-bond acceptors (Lipinski definition) is 1. The van der Waals surface area contributed by atoms with Crippen LogP contribution >= 0.6 is 0 Å². The molecule has 0 saturated heterocycles. The number of benzene rings is 4. The van der Waals surface area contributed by atoms with E-state index in [1.54, 1.807) is 6.07 Å². The van der Waals surface area contributed by atoms with Crippen LogP contribution < -0.4 is 0 Å². The first kappa shape index (κ1) is 21.5. The van der Waals surface area contributed by atoms with Crippen molar-refractivity contribution >= 4 is 0 Å². The van der Waals surface area contributed by atoms with Gasteiger partial charge in [-0.2, -0.15) is 5.26 Å². The average molecular weight is 420 g/mol. The molecule has 2 heteroatoms. The highest BCUT2D eigenvalue weighted by Gasteiger charge is 2.07. The second-order valence-electron chi connectivity index (χ2n) is 8.34. The van der Waals surface area contributed by atoms with Crippen molar-refractivity contribution in [1.82, 2.24) is 0 Å². The van der Waals surface area contributed by atoms with Crippen LogP contribution in [0, 0.1) is 17.1 Å². The molecular formula is C30H26FN. The first-order valence-electron chi connectivity index (χ1n) is 11.0. The van der Waals surface area contributed by atoms with E-state index in [1.165, 1.54) is 34.4 Å². The fourth-order valence-corrected chi connectivity index (χ4v) is 4.03. The van der Waals surface area contributed by atoms with Gasteiger partial charge >= 0.3 is 0 Å². The first-order chi connectivity index (χ1) is 15.6. The molecule has 0 aromatic heterocycles. The molecule has 0 unspecified atom stereocenters. The standard InChI is InChI=1S/C30H26FN/c1-22(26-5-3-2-4-6-26)19-25-11-9-23(10-12-25)7-8-24-13-15-27(16-14-24)28-17-18-29(21-32)30(31)20-28/h2-6,9-18,20,22H,7-8,19H2,1H3/t22-/m1/s1. The van der Waals surface area contributed by atoms with Crippen molar-refractivity contribution in [2.45, 2.75) is 32.1 Å². The molecule has 0 aliphatic carbocycles. The molecule has 0 saturated carbocycles. The summed E-state index contributed by atoms with van der Waals surface area (Å²) in [4.78, 5) is 0. The van der Waals surface area contributed by atoms with Crippen LogP contribution in [0.4, 0.5) is 4.39 Å². The molecule has 1 atom stereocenters. The van der Waals surface area contributed by atoms with Crippen molar-refractivity contribution in [3.8, 4) is 17.2 Å². The van der Waals surface area contributed by atoms with Crippen LogP contribution in [0.5, 0.6) is 0 Å². The van der Waals surface area contributed by atoms with Crippen molar-refractivity contribution in [1.29, 1.82) is 5.26 Å². The highest BCUT2D eigenvalue weighted by atomic mass is 19.1. The predicted octanol–water partition coefficient (Wildman–Crippen LogP) is 7.50. The molecule has 0 aliphatic heterocycles. The average Bonchev–Trinajstić information content (AvgIpc) is 2.84. The number of nitrogens with zero attached hydrogens (tertiary/aromatic N) is 1. The fraction of sp³-hybridized carbons (Fsp3) is 0.167. The number of halogens is 1. The summed E-state index contributed by atoms with van der Waals surface area (Å²) in [6.07, 6.45) is 2.99. The molecule has 0 spiro atoms. The van der Waals surface area contributed by atoms with Gasteiger partial charge in [-0.05, 0) is 70.7 Å². The normalized spacial score (nSPS) is 11.7. The molecule has 32 heavy (non-hydrogen) atoms. The summed E-state index contributed by atoms with van der Waals surface area (Å²) < 4.78 is 13.9. The molecular weight excluding hydrogens is 393 g/mol. The summed E-state index contributed by atoms with van der Waals surface area (Å²) in [5, 5.41) is 8.88. The lowest BCUT2D eigenvalue weighted by Crippen LogP contribution is -1.99. The largest absolute Gasteiger partial charge is 0.206 e. The SMILES string of the molecule is C[C@H](Cc1ccc(CCc2ccc(-c3ccc(C#N)c(F)c3)cc2)cc1)c1ccccc1. The Morgan fingerprint density at radius 1 is 0.719 bits per heavy atom. The molecule has 0 aliphatic rings. The number of nitriles is 1. The summed E-state index contributed by atoms with van der Waals surface area (Å²) in [5.74, 6) is 0.0285. The zero-order valence-electron chi connectivity index (χ0n) is 18.3. The van der Waals surface area contributed by atoms with Gasteiger partial charge < -0.3 is 0 Å². The third kappa shape index (κ3) is 5.31. The van der Waals surface area contributed by atoms with Gasteiger partial charge in [0.25, 0.3) is 0 Å². The van der Waals surface area contributed by atoms with E-state index in [9.17, 15) is 4.39 Å². The Labute approximate surface area is 189 Å². The third-order valence-electron chi connectivity index (χ3n) is 6.01. The lowest BCUT2D eigenvalue weighted by molar-refractivity contribution is 0.624. The van der Waals surface area contributed by atoms with Gasteiger partial charge in [0, 0.05) is 0 Å². The molecule has 158 valence electrons. The van der Waals surface area contributed by atoms with Crippen molar-refractivity contribution in [2.75, 3.05) is 0 Å². The lowest BCUT2D eigenvalue weighted by Gasteiger charge is -2.12. The molecule has 0 fully saturated rings. The topological polar surface area (TPSA) is 23.8 Å². The van der Waals surface area contributed by atoms with Crippen LogP contribution in [0.15, 0.2) is 97.1 Å². The number of hydrogen-bond donors (Lipinski definition) is 0. The van der Waals surface area contributed by atoms with E-state index in [-0.39, 0.29) is 5.56 Å². The van der Waals surface area contributed by atoms with Crippen molar-refractivity contribution in [3.63, 3.8) is 0 Å². The Hall–Kier alpha value is -3.70. The van der Waals surface area contributed by atoms with E-state index in [1.807, 2.05) is 18.2 Å². The van der Waals surface area contributed by atoms with Gasteiger partial charge in [-0.25, -0.2) is 4.39 Å². The highest BCUT2D eigenvalue weighted by Crippen LogP contribution is 2.23. The van der Waals surface area contributed by atoms with E-state index in [4.69, 9.17) is 5.26 Å². The minimum atomic E-state index is -0.476. The molecule has 0 radical (unpaired) electrons. The summed E-state index contributed by atoms with van der Waals surface area (Å²) in [5.41, 5.74) is 7.14. The van der Waals surface area contributed by atoms with Crippen LogP contribution in [-0.4, -0.2) is 0 Å². The number of aryl methyl sites for hydroxylation is 2. The molecule has 0 heterocycles. The molecule has 4 aromatic carbocycles. The van der Waals surface area contributed by atoms with E-state index in [0.717, 1.165) is 30.4 Å². The fourth-order valence-electron chi connectivity index (χ4n) is 4.03. The van der Waals surface area contributed by atoms with Crippen LogP contribution in [0.2, 0.25) is 0 Å². The first-order valence-corrected chi connectivity index (χ1v) is 11.0. The summed E-state index contributed by atoms with van der Waals surface area (Å²) >= 11 is 0. The summed E-state index contributed by atoms with van der Waals surface area (Å²) in [7, 11) is 0. The maximum atomic E-state index is 13.9. The minimum absolute atomic E-state index is 0.0749. The van der Waals surface area contributed by atoms with E-state index >= 15 is 0 Å². The van der Waals surface area contributed by atoms with Gasteiger partial charge in [0.15, 0.2) is 0 Å². The monoisotopic (exact) mass is 419 g/mol. The van der Waals surface area contributed by atoms with Crippen LogP contribution in [-0.2, 0) is 19.3 Å². The van der Waals surface area contributed by atoms with Gasteiger partial charge in [-0.15, -0.1) is 0 Å². The lowest BCUT2D eigenvalue weighted by atomic mass is 9.93. The van der Waals surface area contributed by atoms with E-state index < -0.39 is 5.82 Å². The Balaban J connectivity index is 1.33. The highest BCUT2D eigenvalue weighted by molar-refractivity contribution is 5.64. The molecule has 1 nitrogen and oxygen atoms in total. The van der Waals surface area contributed by atoms with Gasteiger partial charge in [0.2, 0.25) is 0 Å². The zero-order chi connectivity index (χ0) is 22.3. The van der Waals surface area contributed by atoms with E-state index in [0.29, 0.717) is 5.92 Å². The summed E-state index contributed by atoms with van der Waals surface area (Å²) in [6, 6.07) is 34.5. The van der Waals surface area contributed by atoms with Crippen molar-refractivity contribution < 1.29 is 4.39 Å². The zero-order valence-corrected chi connectivity index (χ0v) is 18.3. The molecule has 0 bridgehead atoms. The minimum Gasteiger partial charge on any atom is -0.206 e. The van der Waals surface area contributed by atoms with Gasteiger partial charge in [0.1, 0.15) is 11.9 Å². The second kappa shape index (κ2) is 10.1. The smallest absolute Gasteiger partial charge is 0.141 e. The Morgan fingerprint density at radius 3 is 1.88 bits per heavy atom. The van der Waals surface area contributed by atoms with Crippen LogP contribution in [0.1, 0.15) is 40.7 Å². The molecule has 0 amide bonds. The van der Waals surface area contributed by atoms with Crippen LogP contribution in [0.3, 0.4) is 0 Å². The Morgan fingerprint density at radius 2 is 1.28 bits per heavy atom. The second-order valence-corrected chi connectivity index (χ2v) is 8.34. The third-order valence-corrected chi connectivity index (χ3v) is 6.01. The Kier molecular flexibility index (Phi) is 6.78. The van der Waals surface area contributed by atoms with Gasteiger partial charge in [-0.3, -0.25) is 0 Å². The Bertz CT molecular complexity index is 1200. The number of rotatable bonds is 7. The van der Waals surface area contributed by atoms with E-state index in [2.05, 4.69) is 73.7 Å². The predicted molar refractivity (Wildman–Crippen MR) is 129 cm³/mol. The molecule has 4 aromatic rings.